The summed E-state index contributed by atoms with van der Waals surface area (Å²) in [4.78, 5) is 2.61. The quantitative estimate of drug-likeness (QED) is 0.173. The molecule has 58 heavy (non-hydrogen) atoms. The molecule has 0 fully saturated rings. The molecule has 1 heterocycles. The van der Waals surface area contributed by atoms with Crippen LogP contribution in [0.25, 0.3) is 75.1 Å². The average Bonchev–Trinajstić information content (AvgIpc) is 3.84. The van der Waals surface area contributed by atoms with Crippen LogP contribution in [0.5, 0.6) is 0 Å². The van der Waals surface area contributed by atoms with Crippen molar-refractivity contribution < 1.29 is 0 Å². The molecule has 10 aromatic rings. The van der Waals surface area contributed by atoms with Crippen LogP contribution >= 0.6 is 11.3 Å². The van der Waals surface area contributed by atoms with E-state index in [1.807, 2.05) is 11.3 Å². The van der Waals surface area contributed by atoms with E-state index in [-0.39, 0.29) is 10.8 Å². The molecule has 1 nitrogen and oxygen atoms in total. The van der Waals surface area contributed by atoms with Gasteiger partial charge in [-0.15, -0.1) is 11.3 Å². The maximum absolute atomic E-state index is 2.61. The first kappa shape index (κ1) is 33.6. The summed E-state index contributed by atoms with van der Waals surface area (Å²) in [6, 6.07) is 66.1. The van der Waals surface area contributed by atoms with Crippen LogP contribution in [0.1, 0.15) is 49.9 Å². The molecule has 0 amide bonds. The van der Waals surface area contributed by atoms with Crippen LogP contribution in [-0.4, -0.2) is 0 Å². The number of anilines is 3. The minimum absolute atomic E-state index is 0.181. The van der Waals surface area contributed by atoms with Crippen molar-refractivity contribution in [2.24, 2.45) is 0 Å². The third-order valence-corrected chi connectivity index (χ3v) is 14.6. The molecule has 0 unspecified atom stereocenters. The lowest BCUT2D eigenvalue weighted by molar-refractivity contribution is 0.666. The molecule has 2 aliphatic carbocycles. The molecule has 2 aliphatic rings. The van der Waals surface area contributed by atoms with Gasteiger partial charge in [0.05, 0.1) is 11.4 Å². The van der Waals surface area contributed by atoms with Gasteiger partial charge in [-0.05, 0) is 96.4 Å². The first-order chi connectivity index (χ1) is 28.3. The molecule has 0 saturated heterocycles. The van der Waals surface area contributed by atoms with Gasteiger partial charge in [0, 0.05) is 47.8 Å². The van der Waals surface area contributed by atoms with Crippen LogP contribution in [-0.2, 0) is 10.8 Å². The highest BCUT2D eigenvalue weighted by Gasteiger charge is 2.42. The van der Waals surface area contributed by atoms with Gasteiger partial charge in [-0.1, -0.05) is 173 Å². The summed E-state index contributed by atoms with van der Waals surface area (Å²) < 4.78 is 2.67. The van der Waals surface area contributed by atoms with E-state index < -0.39 is 0 Å². The molecular formula is C56H41NS. The lowest BCUT2D eigenvalue weighted by Crippen LogP contribution is -2.18. The maximum atomic E-state index is 2.61. The van der Waals surface area contributed by atoms with Crippen LogP contribution < -0.4 is 4.90 Å². The minimum atomic E-state index is -0.181. The Bertz CT molecular complexity index is 3200. The highest BCUT2D eigenvalue weighted by molar-refractivity contribution is 7.26. The first-order valence-electron chi connectivity index (χ1n) is 20.4. The Morgan fingerprint density at radius 1 is 0.414 bits per heavy atom. The van der Waals surface area contributed by atoms with Crippen LogP contribution in [0.2, 0.25) is 0 Å². The lowest BCUT2D eigenvalue weighted by Gasteiger charge is -2.33. The number of fused-ring (bicyclic) bond motifs is 13. The summed E-state index contributed by atoms with van der Waals surface area (Å²) in [6.07, 6.45) is 0. The second kappa shape index (κ2) is 12.0. The fourth-order valence-electron chi connectivity index (χ4n) is 10.8. The molecule has 0 saturated carbocycles. The van der Waals surface area contributed by atoms with E-state index >= 15 is 0 Å². The highest BCUT2D eigenvalue weighted by atomic mass is 32.1. The summed E-state index contributed by atoms with van der Waals surface area (Å²) in [6.45, 7) is 9.64. The van der Waals surface area contributed by atoms with Crippen molar-refractivity contribution in [3.8, 4) is 33.4 Å². The van der Waals surface area contributed by atoms with Gasteiger partial charge in [-0.2, -0.15) is 0 Å². The Balaban J connectivity index is 1.18. The zero-order valence-corrected chi connectivity index (χ0v) is 33.9. The van der Waals surface area contributed by atoms with Gasteiger partial charge in [-0.25, -0.2) is 0 Å². The molecule has 0 atom stereocenters. The Hall–Kier alpha value is -6.48. The maximum Gasteiger partial charge on any atom is 0.0549 e. The third-order valence-electron chi connectivity index (χ3n) is 13.4. The van der Waals surface area contributed by atoms with E-state index in [1.165, 1.54) is 109 Å². The van der Waals surface area contributed by atoms with Crippen molar-refractivity contribution in [3.05, 3.63) is 198 Å². The monoisotopic (exact) mass is 759 g/mol. The second-order valence-electron chi connectivity index (χ2n) is 17.2. The smallest absolute Gasteiger partial charge is 0.0549 e. The Labute approximate surface area is 343 Å². The first-order valence-corrected chi connectivity index (χ1v) is 21.3. The van der Waals surface area contributed by atoms with Crippen LogP contribution in [0.15, 0.2) is 176 Å². The standard InChI is InChI=1S/C56H41NS/c1-55(2)45-25-12-9-21-43(45)50-47(32-35-16-5-7-18-38(35)52(50)55)57(37-30-28-34(29-31-37)40-23-15-24-42-41-20-11-14-27-49(41)58-54(40)42)48-33-36-17-6-8-19-39(36)53-51(48)44-22-10-13-26-46(44)56(53,3)4/h5-33H,1-4H3. The highest BCUT2D eigenvalue weighted by Crippen LogP contribution is 2.60. The molecule has 9 aromatic carbocycles. The average molecular weight is 760 g/mol. The summed E-state index contributed by atoms with van der Waals surface area (Å²) >= 11 is 1.89. The third kappa shape index (κ3) is 4.52. The molecule has 0 aliphatic heterocycles. The zero-order chi connectivity index (χ0) is 38.9. The number of benzene rings is 9. The fraction of sp³-hybridized carbons (Fsp3) is 0.107. The van der Waals surface area contributed by atoms with Crippen molar-refractivity contribution in [2.45, 2.75) is 38.5 Å². The van der Waals surface area contributed by atoms with Gasteiger partial charge in [0.1, 0.15) is 0 Å². The second-order valence-corrected chi connectivity index (χ2v) is 18.3. The van der Waals surface area contributed by atoms with Crippen molar-refractivity contribution in [3.63, 3.8) is 0 Å². The van der Waals surface area contributed by atoms with Crippen molar-refractivity contribution in [1.82, 2.24) is 0 Å². The van der Waals surface area contributed by atoms with Crippen molar-refractivity contribution in [1.29, 1.82) is 0 Å². The van der Waals surface area contributed by atoms with Crippen LogP contribution in [0.4, 0.5) is 17.1 Å². The molecule has 0 N–H and O–H groups in total. The molecule has 276 valence electrons. The van der Waals surface area contributed by atoms with Crippen LogP contribution in [0, 0.1) is 0 Å². The number of thiophene rings is 1. The Kier molecular flexibility index (Phi) is 6.97. The zero-order valence-electron chi connectivity index (χ0n) is 33.1. The predicted octanol–water partition coefficient (Wildman–Crippen LogP) is 16.1. The summed E-state index contributed by atoms with van der Waals surface area (Å²) in [7, 11) is 0. The molecular weight excluding hydrogens is 719 g/mol. The molecule has 1 aromatic heterocycles. The summed E-state index contributed by atoms with van der Waals surface area (Å²) in [5.41, 5.74) is 16.6. The van der Waals surface area contributed by atoms with Gasteiger partial charge in [0.25, 0.3) is 0 Å². The van der Waals surface area contributed by atoms with Crippen LogP contribution in [0.3, 0.4) is 0 Å². The number of nitrogens with zero attached hydrogens (tertiary/aromatic N) is 1. The number of hydrogen-bond donors (Lipinski definition) is 0. The van der Waals surface area contributed by atoms with Crippen molar-refractivity contribution in [2.75, 3.05) is 4.90 Å². The van der Waals surface area contributed by atoms with E-state index in [9.17, 15) is 0 Å². The molecule has 12 rings (SSSR count). The predicted molar refractivity (Wildman–Crippen MR) is 250 cm³/mol. The van der Waals surface area contributed by atoms with E-state index in [4.69, 9.17) is 0 Å². The fourth-order valence-corrected chi connectivity index (χ4v) is 12.0. The Morgan fingerprint density at radius 3 is 1.47 bits per heavy atom. The summed E-state index contributed by atoms with van der Waals surface area (Å²) in [5, 5.41) is 7.81. The normalized spacial score (nSPS) is 14.5. The summed E-state index contributed by atoms with van der Waals surface area (Å²) in [5.74, 6) is 0. The number of rotatable bonds is 4. The van der Waals surface area contributed by atoms with Gasteiger partial charge < -0.3 is 4.90 Å². The topological polar surface area (TPSA) is 3.24 Å². The van der Waals surface area contributed by atoms with Crippen molar-refractivity contribution >= 4 is 70.1 Å². The van der Waals surface area contributed by atoms with E-state index in [1.54, 1.807) is 0 Å². The molecule has 0 spiro atoms. The minimum Gasteiger partial charge on any atom is -0.309 e. The molecule has 2 heteroatoms. The van der Waals surface area contributed by atoms with Gasteiger partial charge in [0.2, 0.25) is 0 Å². The van der Waals surface area contributed by atoms with E-state index in [0.717, 1.165) is 5.69 Å². The molecule has 0 radical (unpaired) electrons. The van der Waals surface area contributed by atoms with E-state index in [0.29, 0.717) is 0 Å². The lowest BCUT2D eigenvalue weighted by atomic mass is 9.79. The largest absolute Gasteiger partial charge is 0.309 e. The molecule has 0 bridgehead atoms. The van der Waals surface area contributed by atoms with Gasteiger partial charge >= 0.3 is 0 Å². The van der Waals surface area contributed by atoms with Gasteiger partial charge in [-0.3, -0.25) is 0 Å². The van der Waals surface area contributed by atoms with E-state index in [2.05, 4.69) is 209 Å². The van der Waals surface area contributed by atoms with Gasteiger partial charge in [0.15, 0.2) is 0 Å². The Morgan fingerprint density at radius 2 is 0.879 bits per heavy atom. The number of hydrogen-bond acceptors (Lipinski definition) is 2. The SMILES string of the molecule is CC1(C)c2ccccc2-c2c(N(c3ccc(-c4cccc5c4sc4ccccc45)cc3)c3cc4ccccc4c4c3-c3ccccc3C4(C)C)cc3ccccc3c21.